The first-order chi connectivity index (χ1) is 6.74. The second-order valence-electron chi connectivity index (χ2n) is 3.30. The predicted octanol–water partition coefficient (Wildman–Crippen LogP) is 2.12. The molecule has 0 N–H and O–H groups in total. The van der Waals surface area contributed by atoms with Crippen LogP contribution in [0.15, 0.2) is 18.2 Å². The largest absolute Gasteiger partial charge is 0.453 e. The van der Waals surface area contributed by atoms with E-state index in [0.29, 0.717) is 5.56 Å². The van der Waals surface area contributed by atoms with Crippen molar-refractivity contribution >= 4 is 5.97 Å². The lowest BCUT2D eigenvalue weighted by atomic mass is 9.99. The van der Waals surface area contributed by atoms with E-state index in [1.165, 1.54) is 0 Å². The number of cyclic esters (lactones) is 1. The molecule has 1 heterocycles. The molecule has 0 saturated heterocycles. The fourth-order valence-corrected chi connectivity index (χ4v) is 1.72. The molecule has 14 heavy (non-hydrogen) atoms. The summed E-state index contributed by atoms with van der Waals surface area (Å²) in [5.74, 6) is -0.307. The first-order valence-electron chi connectivity index (χ1n) is 4.41. The molecule has 0 aromatic heterocycles. The normalized spacial score (nSPS) is 18.6. The van der Waals surface area contributed by atoms with Gasteiger partial charge in [-0.1, -0.05) is 18.2 Å². The number of hydrogen-bond donors (Lipinski definition) is 0. The van der Waals surface area contributed by atoms with Crippen molar-refractivity contribution in [1.29, 1.82) is 5.26 Å². The van der Waals surface area contributed by atoms with Gasteiger partial charge in [0.2, 0.25) is 0 Å². The number of benzene rings is 1. The summed E-state index contributed by atoms with van der Waals surface area (Å²) in [5.41, 5.74) is 2.39. The zero-order valence-electron chi connectivity index (χ0n) is 7.78. The van der Waals surface area contributed by atoms with Crippen molar-refractivity contribution in [2.24, 2.45) is 0 Å². The summed E-state index contributed by atoms with van der Waals surface area (Å²) in [7, 11) is 0. The second-order valence-corrected chi connectivity index (χ2v) is 3.30. The lowest BCUT2D eigenvalue weighted by Crippen LogP contribution is -1.97. The Kier molecular flexibility index (Phi) is 1.97. The third-order valence-corrected chi connectivity index (χ3v) is 2.38. The highest BCUT2D eigenvalue weighted by atomic mass is 16.5. The molecular formula is C11H9NO2. The average molecular weight is 187 g/mol. The number of esters is 1. The van der Waals surface area contributed by atoms with Crippen LogP contribution in [0.3, 0.4) is 0 Å². The Morgan fingerprint density at radius 3 is 3.07 bits per heavy atom. The SMILES string of the molecule is Cc1cccc2c1C(=O)OC2CC#N. The van der Waals surface area contributed by atoms with E-state index in [4.69, 9.17) is 10.00 Å². The van der Waals surface area contributed by atoms with Crippen molar-refractivity contribution in [3.05, 3.63) is 34.9 Å². The second kappa shape index (κ2) is 3.15. The molecular weight excluding hydrogens is 178 g/mol. The van der Waals surface area contributed by atoms with Gasteiger partial charge in [-0.25, -0.2) is 4.79 Å². The number of carbonyl (C=O) groups excluding carboxylic acids is 1. The van der Waals surface area contributed by atoms with Gasteiger partial charge < -0.3 is 4.74 Å². The molecule has 1 aromatic rings. The number of carbonyl (C=O) groups is 1. The number of aryl methyl sites for hydroxylation is 1. The van der Waals surface area contributed by atoms with Gasteiger partial charge in [0.25, 0.3) is 0 Å². The van der Waals surface area contributed by atoms with Crippen molar-refractivity contribution < 1.29 is 9.53 Å². The molecule has 3 heteroatoms. The number of ether oxygens (including phenoxy) is 1. The van der Waals surface area contributed by atoms with Crippen LogP contribution >= 0.6 is 0 Å². The molecule has 0 bridgehead atoms. The number of fused-ring (bicyclic) bond motifs is 1. The molecule has 0 radical (unpaired) electrons. The summed E-state index contributed by atoms with van der Waals surface area (Å²) >= 11 is 0. The fraction of sp³-hybridized carbons (Fsp3) is 0.273. The summed E-state index contributed by atoms with van der Waals surface area (Å²) in [6.07, 6.45) is -0.148. The third-order valence-electron chi connectivity index (χ3n) is 2.38. The first-order valence-corrected chi connectivity index (χ1v) is 4.41. The van der Waals surface area contributed by atoms with Crippen molar-refractivity contribution in [3.8, 4) is 6.07 Å². The number of hydrogen-bond acceptors (Lipinski definition) is 3. The minimum absolute atomic E-state index is 0.224. The Balaban J connectivity index is 2.50. The maximum Gasteiger partial charge on any atom is 0.339 e. The van der Waals surface area contributed by atoms with Crippen LogP contribution in [-0.4, -0.2) is 5.97 Å². The summed E-state index contributed by atoms with van der Waals surface area (Å²) in [5, 5.41) is 8.57. The quantitative estimate of drug-likeness (QED) is 0.633. The predicted molar refractivity (Wildman–Crippen MR) is 49.6 cm³/mol. The molecule has 3 nitrogen and oxygen atoms in total. The fourth-order valence-electron chi connectivity index (χ4n) is 1.72. The Morgan fingerprint density at radius 2 is 2.36 bits per heavy atom. The van der Waals surface area contributed by atoms with Crippen LogP contribution in [0.4, 0.5) is 0 Å². The maximum atomic E-state index is 11.4. The number of rotatable bonds is 1. The Morgan fingerprint density at radius 1 is 1.57 bits per heavy atom. The van der Waals surface area contributed by atoms with E-state index in [2.05, 4.69) is 0 Å². The Labute approximate surface area is 81.9 Å². The topological polar surface area (TPSA) is 50.1 Å². The molecule has 1 aliphatic heterocycles. The van der Waals surface area contributed by atoms with Crippen molar-refractivity contribution in [1.82, 2.24) is 0 Å². The lowest BCUT2D eigenvalue weighted by Gasteiger charge is -2.04. The molecule has 2 rings (SSSR count). The van der Waals surface area contributed by atoms with Gasteiger partial charge >= 0.3 is 5.97 Å². The van der Waals surface area contributed by atoms with Gasteiger partial charge in [0, 0.05) is 5.56 Å². The summed E-state index contributed by atoms with van der Waals surface area (Å²) in [6, 6.07) is 7.60. The van der Waals surface area contributed by atoms with Crippen molar-refractivity contribution in [2.45, 2.75) is 19.4 Å². The summed E-state index contributed by atoms with van der Waals surface area (Å²) < 4.78 is 5.09. The minimum atomic E-state index is -0.373. The van der Waals surface area contributed by atoms with E-state index in [0.717, 1.165) is 11.1 Å². The van der Waals surface area contributed by atoms with Gasteiger partial charge in [-0.15, -0.1) is 0 Å². The smallest absolute Gasteiger partial charge is 0.339 e. The van der Waals surface area contributed by atoms with E-state index in [1.54, 1.807) is 0 Å². The van der Waals surface area contributed by atoms with Gasteiger partial charge in [-0.05, 0) is 12.5 Å². The molecule has 0 saturated carbocycles. The van der Waals surface area contributed by atoms with E-state index in [-0.39, 0.29) is 18.5 Å². The van der Waals surface area contributed by atoms with E-state index < -0.39 is 0 Å². The highest BCUT2D eigenvalue weighted by molar-refractivity contribution is 5.95. The van der Waals surface area contributed by atoms with Crippen molar-refractivity contribution in [2.75, 3.05) is 0 Å². The van der Waals surface area contributed by atoms with E-state index in [1.807, 2.05) is 31.2 Å². The molecule has 70 valence electrons. The Hall–Kier alpha value is -1.82. The highest BCUT2D eigenvalue weighted by Gasteiger charge is 2.31. The molecule has 1 atom stereocenters. The molecule has 0 aliphatic carbocycles. The van der Waals surface area contributed by atoms with Crippen LogP contribution in [-0.2, 0) is 4.74 Å². The molecule has 0 fully saturated rings. The Bertz CT molecular complexity index is 431. The molecule has 1 unspecified atom stereocenters. The molecule has 0 amide bonds. The standard InChI is InChI=1S/C11H9NO2/c1-7-3-2-4-8-9(5-6-12)14-11(13)10(7)8/h2-4,9H,5H2,1H3. The number of nitrogens with zero attached hydrogens (tertiary/aromatic N) is 1. The van der Waals surface area contributed by atoms with Crippen LogP contribution in [0, 0.1) is 18.3 Å². The van der Waals surface area contributed by atoms with Crippen LogP contribution in [0.5, 0.6) is 0 Å². The zero-order chi connectivity index (χ0) is 10.1. The van der Waals surface area contributed by atoms with Crippen LogP contribution in [0.1, 0.15) is 34.0 Å². The lowest BCUT2D eigenvalue weighted by molar-refractivity contribution is 0.0395. The van der Waals surface area contributed by atoms with Crippen molar-refractivity contribution in [3.63, 3.8) is 0 Å². The van der Waals surface area contributed by atoms with Gasteiger partial charge in [-0.2, -0.15) is 5.26 Å². The minimum Gasteiger partial charge on any atom is -0.453 e. The molecule has 1 aromatic carbocycles. The van der Waals surface area contributed by atoms with E-state index in [9.17, 15) is 4.79 Å². The van der Waals surface area contributed by atoms with Gasteiger partial charge in [-0.3, -0.25) is 0 Å². The van der Waals surface area contributed by atoms with E-state index >= 15 is 0 Å². The van der Waals surface area contributed by atoms with Gasteiger partial charge in [0.1, 0.15) is 6.10 Å². The van der Waals surface area contributed by atoms with Gasteiger partial charge in [0.05, 0.1) is 18.1 Å². The third kappa shape index (κ3) is 1.16. The number of nitriles is 1. The zero-order valence-corrected chi connectivity index (χ0v) is 7.78. The van der Waals surface area contributed by atoms with Crippen LogP contribution < -0.4 is 0 Å². The first kappa shape index (κ1) is 8.76. The highest BCUT2D eigenvalue weighted by Crippen LogP contribution is 2.34. The van der Waals surface area contributed by atoms with Crippen LogP contribution in [0.2, 0.25) is 0 Å². The molecule has 1 aliphatic rings. The molecule has 0 spiro atoms. The monoisotopic (exact) mass is 187 g/mol. The van der Waals surface area contributed by atoms with Crippen LogP contribution in [0.25, 0.3) is 0 Å². The van der Waals surface area contributed by atoms with Gasteiger partial charge in [0.15, 0.2) is 0 Å². The summed E-state index contributed by atoms with van der Waals surface area (Å²) in [4.78, 5) is 11.4. The maximum absolute atomic E-state index is 11.4. The summed E-state index contributed by atoms with van der Waals surface area (Å²) in [6.45, 7) is 1.87. The average Bonchev–Trinajstić information content (AvgIpc) is 2.46.